The van der Waals surface area contributed by atoms with E-state index in [1.807, 2.05) is 0 Å². The highest BCUT2D eigenvalue weighted by Crippen LogP contribution is 2.42. The van der Waals surface area contributed by atoms with Crippen LogP contribution < -0.4 is 10.6 Å². The van der Waals surface area contributed by atoms with Gasteiger partial charge in [0.15, 0.2) is 0 Å². The van der Waals surface area contributed by atoms with E-state index < -0.39 is 0 Å². The van der Waals surface area contributed by atoms with Crippen LogP contribution in [0.5, 0.6) is 5.75 Å². The molecule has 0 spiro atoms. The summed E-state index contributed by atoms with van der Waals surface area (Å²) in [6, 6.07) is 2.93. The van der Waals surface area contributed by atoms with Crippen molar-refractivity contribution in [3.63, 3.8) is 0 Å². The first-order chi connectivity index (χ1) is 9.67. The van der Waals surface area contributed by atoms with E-state index in [0.717, 1.165) is 25.7 Å². The number of nitrogens with zero attached hydrogens (tertiary/aromatic N) is 1. The number of aromatic nitrogens is 1. The second-order valence-corrected chi connectivity index (χ2v) is 5.51. The fourth-order valence-corrected chi connectivity index (χ4v) is 2.96. The average molecular weight is 277 g/mol. The average Bonchev–Trinajstić information content (AvgIpc) is 3.05. The highest BCUT2D eigenvalue weighted by Gasteiger charge is 2.46. The molecule has 2 aliphatic rings. The molecule has 2 aliphatic heterocycles. The highest BCUT2D eigenvalue weighted by atomic mass is 16.5. The van der Waals surface area contributed by atoms with E-state index >= 15 is 0 Å². The summed E-state index contributed by atoms with van der Waals surface area (Å²) in [5.74, 6) is 0.0872. The first-order valence-electron chi connectivity index (χ1n) is 6.99. The molecule has 0 radical (unpaired) electrons. The number of pyridine rings is 1. The molecule has 0 atom stereocenters. The number of hydrogen-bond donors (Lipinski definition) is 3. The zero-order valence-corrected chi connectivity index (χ0v) is 11.3. The van der Waals surface area contributed by atoms with Crippen LogP contribution in [0.3, 0.4) is 0 Å². The highest BCUT2D eigenvalue weighted by molar-refractivity contribution is 5.73. The van der Waals surface area contributed by atoms with Gasteiger partial charge in [-0.2, -0.15) is 0 Å². The molecule has 0 aliphatic carbocycles. The topological polar surface area (TPSA) is 83.5 Å². The van der Waals surface area contributed by atoms with Gasteiger partial charge >= 0.3 is 6.03 Å². The molecule has 2 amide bonds. The molecule has 3 N–H and O–H groups in total. The Balaban J connectivity index is 1.45. The molecule has 1 aromatic rings. The maximum Gasteiger partial charge on any atom is 0.315 e. The van der Waals surface area contributed by atoms with Crippen LogP contribution in [0.2, 0.25) is 0 Å². The number of carbonyl (C=O) groups is 1. The molecule has 0 saturated carbocycles. The lowest BCUT2D eigenvalue weighted by molar-refractivity contribution is 0.0159. The van der Waals surface area contributed by atoms with Gasteiger partial charge < -0.3 is 20.5 Å². The van der Waals surface area contributed by atoms with Crippen LogP contribution in [0.15, 0.2) is 18.3 Å². The van der Waals surface area contributed by atoms with Crippen molar-refractivity contribution < 1.29 is 14.6 Å². The summed E-state index contributed by atoms with van der Waals surface area (Å²) >= 11 is 0. The molecule has 108 valence electrons. The number of aromatic hydroxyl groups is 1. The third-order valence-corrected chi connectivity index (χ3v) is 4.11. The minimum atomic E-state index is -0.261. The fourth-order valence-electron chi connectivity index (χ4n) is 2.96. The lowest BCUT2D eigenvalue weighted by Crippen LogP contribution is -2.44. The van der Waals surface area contributed by atoms with Crippen LogP contribution in [0.25, 0.3) is 0 Å². The molecule has 3 rings (SSSR count). The van der Waals surface area contributed by atoms with Crippen molar-refractivity contribution in [2.45, 2.75) is 43.9 Å². The summed E-state index contributed by atoms with van der Waals surface area (Å²) in [5.41, 5.74) is 0.314. The van der Waals surface area contributed by atoms with Gasteiger partial charge in [0.2, 0.25) is 0 Å². The van der Waals surface area contributed by atoms with Crippen molar-refractivity contribution in [2.24, 2.45) is 0 Å². The Hall–Kier alpha value is -1.82. The van der Waals surface area contributed by atoms with E-state index in [1.165, 1.54) is 0 Å². The number of amides is 2. The van der Waals surface area contributed by atoms with Crippen LogP contribution in [0.1, 0.15) is 31.4 Å². The minimum absolute atomic E-state index is 0.0872. The van der Waals surface area contributed by atoms with Gasteiger partial charge in [-0.1, -0.05) is 0 Å². The quantitative estimate of drug-likeness (QED) is 0.774. The van der Waals surface area contributed by atoms with E-state index in [2.05, 4.69) is 15.6 Å². The summed E-state index contributed by atoms with van der Waals surface area (Å²) < 4.78 is 5.90. The number of carbonyl (C=O) groups excluding carboxylic acids is 1. The zero-order valence-electron chi connectivity index (χ0n) is 11.3. The lowest BCUT2D eigenvalue weighted by Gasteiger charge is -2.24. The predicted octanol–water partition coefficient (Wildman–Crippen LogP) is 1.30. The van der Waals surface area contributed by atoms with Gasteiger partial charge in [0.25, 0.3) is 0 Å². The summed E-state index contributed by atoms with van der Waals surface area (Å²) in [5, 5.41) is 15.1. The van der Waals surface area contributed by atoms with Crippen LogP contribution in [0.4, 0.5) is 4.79 Å². The van der Waals surface area contributed by atoms with Crippen molar-refractivity contribution in [3.8, 4) is 5.75 Å². The second kappa shape index (κ2) is 5.28. The molecule has 1 aromatic heterocycles. The largest absolute Gasteiger partial charge is 0.506 e. The standard InChI is InChI=1S/C14H19N3O3/c18-12-2-1-7-15-11(12)8-16-13(19)17-9-14-5-3-10(20-14)4-6-14/h1-2,7,10,18H,3-6,8-9H2,(H2,16,17,19). The van der Waals surface area contributed by atoms with Gasteiger partial charge in [0.05, 0.1) is 18.2 Å². The summed E-state index contributed by atoms with van der Waals surface area (Å²) in [6.07, 6.45) is 6.23. The van der Waals surface area contributed by atoms with Crippen molar-refractivity contribution in [3.05, 3.63) is 24.0 Å². The molecule has 2 bridgehead atoms. The van der Waals surface area contributed by atoms with Gasteiger partial charge in [-0.25, -0.2) is 4.79 Å². The Bertz CT molecular complexity index is 498. The van der Waals surface area contributed by atoms with Crippen LogP contribution >= 0.6 is 0 Å². The number of hydrogen-bond acceptors (Lipinski definition) is 4. The SMILES string of the molecule is O=C(NCc1ncccc1O)NCC12CCC(CC1)O2. The maximum atomic E-state index is 11.8. The Labute approximate surface area is 117 Å². The molecule has 6 nitrogen and oxygen atoms in total. The van der Waals surface area contributed by atoms with Gasteiger partial charge in [-0.3, -0.25) is 4.98 Å². The molecule has 2 fully saturated rings. The number of urea groups is 1. The Morgan fingerprint density at radius 2 is 2.25 bits per heavy atom. The molecular formula is C14H19N3O3. The van der Waals surface area contributed by atoms with Crippen LogP contribution in [-0.4, -0.2) is 34.4 Å². The second-order valence-electron chi connectivity index (χ2n) is 5.51. The van der Waals surface area contributed by atoms with Crippen LogP contribution in [0, 0.1) is 0 Å². The summed E-state index contributed by atoms with van der Waals surface area (Å²) in [7, 11) is 0. The molecule has 6 heteroatoms. The molecule has 2 saturated heterocycles. The Morgan fingerprint density at radius 1 is 1.45 bits per heavy atom. The first kappa shape index (κ1) is 13.2. The molecule has 0 aromatic carbocycles. The third kappa shape index (κ3) is 2.70. The summed E-state index contributed by atoms with van der Waals surface area (Å²) in [6.45, 7) is 0.749. The molecule has 0 unspecified atom stereocenters. The fraction of sp³-hybridized carbons (Fsp3) is 0.571. The van der Waals surface area contributed by atoms with Crippen LogP contribution in [-0.2, 0) is 11.3 Å². The molecular weight excluding hydrogens is 258 g/mol. The van der Waals surface area contributed by atoms with Crippen molar-refractivity contribution in [2.75, 3.05) is 6.54 Å². The van der Waals surface area contributed by atoms with E-state index in [9.17, 15) is 9.90 Å². The number of ether oxygens (including phenoxy) is 1. The number of nitrogens with one attached hydrogen (secondary N) is 2. The van der Waals surface area contributed by atoms with Crippen molar-refractivity contribution in [1.82, 2.24) is 15.6 Å². The number of rotatable bonds is 4. The smallest absolute Gasteiger partial charge is 0.315 e. The predicted molar refractivity (Wildman–Crippen MR) is 72.2 cm³/mol. The monoisotopic (exact) mass is 277 g/mol. The Kier molecular flexibility index (Phi) is 3.48. The lowest BCUT2D eigenvalue weighted by atomic mass is 9.88. The molecule has 3 heterocycles. The van der Waals surface area contributed by atoms with Crippen molar-refractivity contribution >= 4 is 6.03 Å². The van der Waals surface area contributed by atoms with Gasteiger partial charge in [0, 0.05) is 12.7 Å². The minimum Gasteiger partial charge on any atom is -0.506 e. The Morgan fingerprint density at radius 3 is 2.90 bits per heavy atom. The van der Waals surface area contributed by atoms with Gasteiger partial charge in [-0.05, 0) is 37.8 Å². The van der Waals surface area contributed by atoms with E-state index in [0.29, 0.717) is 18.3 Å². The van der Waals surface area contributed by atoms with E-state index in [-0.39, 0.29) is 23.9 Å². The van der Waals surface area contributed by atoms with Gasteiger partial charge in [-0.15, -0.1) is 0 Å². The van der Waals surface area contributed by atoms with Gasteiger partial charge in [0.1, 0.15) is 11.4 Å². The summed E-state index contributed by atoms with van der Waals surface area (Å²) in [4.78, 5) is 15.8. The van der Waals surface area contributed by atoms with E-state index in [4.69, 9.17) is 4.74 Å². The molecule has 20 heavy (non-hydrogen) atoms. The number of fused-ring (bicyclic) bond motifs is 2. The van der Waals surface area contributed by atoms with E-state index in [1.54, 1.807) is 18.3 Å². The normalized spacial score (nSPS) is 27.5. The third-order valence-electron chi connectivity index (χ3n) is 4.11. The zero-order chi connectivity index (χ0) is 14.0. The van der Waals surface area contributed by atoms with Crippen molar-refractivity contribution in [1.29, 1.82) is 0 Å². The first-order valence-corrected chi connectivity index (χ1v) is 6.99. The maximum absolute atomic E-state index is 11.8.